The number of hydrogen-bond donors (Lipinski definition) is 1. The highest BCUT2D eigenvalue weighted by molar-refractivity contribution is 9.10. The summed E-state index contributed by atoms with van der Waals surface area (Å²) in [7, 11) is -3.49. The van der Waals surface area contributed by atoms with Crippen LogP contribution < -0.4 is 4.72 Å². The second-order valence-electron chi connectivity index (χ2n) is 3.08. The summed E-state index contributed by atoms with van der Waals surface area (Å²) in [5.41, 5.74) is 0.682. The molecular formula is C8H9BrN2O4S. The fraction of sp³-hybridized carbons (Fsp3) is 0.250. The zero-order chi connectivity index (χ0) is 12.3. The highest BCUT2D eigenvalue weighted by Crippen LogP contribution is 2.22. The van der Waals surface area contributed by atoms with Crippen LogP contribution in [0.3, 0.4) is 0 Å². The number of nitro groups is 1. The Balaban J connectivity index is 3.13. The van der Waals surface area contributed by atoms with E-state index in [2.05, 4.69) is 20.7 Å². The molecular weight excluding hydrogens is 300 g/mol. The number of sulfonamides is 1. The van der Waals surface area contributed by atoms with Gasteiger partial charge in [0, 0.05) is 12.1 Å². The van der Waals surface area contributed by atoms with E-state index in [4.69, 9.17) is 0 Å². The summed E-state index contributed by atoms with van der Waals surface area (Å²) in [6, 6.07) is 4.00. The molecule has 8 heteroatoms. The molecule has 0 unspecified atom stereocenters. The van der Waals surface area contributed by atoms with Crippen LogP contribution in [0.1, 0.15) is 5.56 Å². The number of hydrogen-bond acceptors (Lipinski definition) is 4. The summed E-state index contributed by atoms with van der Waals surface area (Å²) < 4.78 is 24.5. The standard InChI is InChI=1S/C8H9BrN2O4S/c1-6-2-3-7(11(12)13)4-8(6)10-16(14,15)5-9/h2-4,10H,5H2,1H3. The van der Waals surface area contributed by atoms with Crippen LogP contribution in [0.2, 0.25) is 0 Å². The van der Waals surface area contributed by atoms with Crippen LogP contribution in [0, 0.1) is 17.0 Å². The smallest absolute Gasteiger partial charge is 0.271 e. The lowest BCUT2D eigenvalue weighted by Crippen LogP contribution is -2.14. The average Bonchev–Trinajstić information content (AvgIpc) is 2.21. The number of non-ortho nitro benzene ring substituents is 1. The number of alkyl halides is 1. The largest absolute Gasteiger partial charge is 0.282 e. The number of nitrogens with zero attached hydrogens (tertiary/aromatic N) is 1. The highest BCUT2D eigenvalue weighted by atomic mass is 79.9. The fourth-order valence-electron chi connectivity index (χ4n) is 1.03. The van der Waals surface area contributed by atoms with Gasteiger partial charge in [0.1, 0.15) is 4.66 Å². The number of anilines is 1. The van der Waals surface area contributed by atoms with Crippen molar-refractivity contribution in [3.63, 3.8) is 0 Å². The van der Waals surface area contributed by atoms with E-state index in [0.717, 1.165) is 0 Å². The van der Waals surface area contributed by atoms with Gasteiger partial charge in [0.15, 0.2) is 0 Å². The monoisotopic (exact) mass is 308 g/mol. The Labute approximate surface area is 101 Å². The third-order valence-electron chi connectivity index (χ3n) is 1.84. The van der Waals surface area contributed by atoms with Crippen molar-refractivity contribution in [3.05, 3.63) is 33.9 Å². The Bertz CT molecular complexity index is 515. The molecule has 0 aliphatic heterocycles. The Morgan fingerprint density at radius 2 is 2.12 bits per heavy atom. The molecule has 0 aliphatic carbocycles. The molecule has 0 radical (unpaired) electrons. The van der Waals surface area contributed by atoms with Crippen LogP contribution in [-0.2, 0) is 10.0 Å². The first kappa shape index (κ1) is 12.9. The molecule has 0 spiro atoms. The van der Waals surface area contributed by atoms with Gasteiger partial charge in [0.05, 0.1) is 10.6 Å². The van der Waals surface area contributed by atoms with Crippen molar-refractivity contribution in [2.75, 3.05) is 9.38 Å². The van der Waals surface area contributed by atoms with E-state index in [9.17, 15) is 18.5 Å². The van der Waals surface area contributed by atoms with Crippen LogP contribution in [-0.4, -0.2) is 18.0 Å². The van der Waals surface area contributed by atoms with Gasteiger partial charge in [-0.1, -0.05) is 22.0 Å². The minimum absolute atomic E-state index is 0.155. The first-order valence-corrected chi connectivity index (χ1v) is 6.94. The van der Waals surface area contributed by atoms with Gasteiger partial charge in [-0.25, -0.2) is 8.42 Å². The summed E-state index contributed by atoms with van der Waals surface area (Å²) in [5.74, 6) is 0. The molecule has 0 aromatic heterocycles. The van der Waals surface area contributed by atoms with Crippen LogP contribution >= 0.6 is 15.9 Å². The molecule has 88 valence electrons. The zero-order valence-corrected chi connectivity index (χ0v) is 10.7. The number of benzene rings is 1. The SMILES string of the molecule is Cc1ccc([N+](=O)[O-])cc1NS(=O)(=O)CBr. The van der Waals surface area contributed by atoms with Crippen molar-refractivity contribution in [3.8, 4) is 0 Å². The Kier molecular flexibility index (Phi) is 3.87. The van der Waals surface area contributed by atoms with Gasteiger partial charge >= 0.3 is 0 Å². The first-order chi connectivity index (χ1) is 7.35. The predicted octanol–water partition coefficient (Wildman–Crippen LogP) is 2.00. The van der Waals surface area contributed by atoms with Gasteiger partial charge in [-0.3, -0.25) is 14.8 Å². The van der Waals surface area contributed by atoms with Crippen molar-refractivity contribution in [2.45, 2.75) is 6.92 Å². The van der Waals surface area contributed by atoms with Crippen molar-refractivity contribution in [2.24, 2.45) is 0 Å². The molecule has 0 aliphatic rings. The Hall–Kier alpha value is -1.15. The van der Waals surface area contributed by atoms with Gasteiger partial charge in [-0.15, -0.1) is 0 Å². The summed E-state index contributed by atoms with van der Waals surface area (Å²) in [6.45, 7) is 1.66. The molecule has 0 amide bonds. The molecule has 1 aromatic rings. The maximum absolute atomic E-state index is 11.3. The van der Waals surface area contributed by atoms with E-state index in [1.54, 1.807) is 6.92 Å². The molecule has 16 heavy (non-hydrogen) atoms. The molecule has 6 nitrogen and oxygen atoms in total. The lowest BCUT2D eigenvalue weighted by Gasteiger charge is -2.07. The van der Waals surface area contributed by atoms with Crippen LogP contribution in [0.25, 0.3) is 0 Å². The van der Waals surface area contributed by atoms with E-state index in [1.165, 1.54) is 18.2 Å². The van der Waals surface area contributed by atoms with Gasteiger partial charge in [0.2, 0.25) is 10.0 Å². The molecule has 0 fully saturated rings. The van der Waals surface area contributed by atoms with Crippen molar-refractivity contribution >= 4 is 37.3 Å². The Morgan fingerprint density at radius 3 is 2.62 bits per heavy atom. The van der Waals surface area contributed by atoms with Crippen LogP contribution in [0.5, 0.6) is 0 Å². The minimum atomic E-state index is -3.49. The fourth-order valence-corrected chi connectivity index (χ4v) is 1.98. The highest BCUT2D eigenvalue weighted by Gasteiger charge is 2.13. The molecule has 0 saturated carbocycles. The first-order valence-electron chi connectivity index (χ1n) is 4.17. The lowest BCUT2D eigenvalue weighted by molar-refractivity contribution is -0.384. The molecule has 0 bridgehead atoms. The van der Waals surface area contributed by atoms with Gasteiger partial charge in [-0.05, 0) is 12.5 Å². The zero-order valence-electron chi connectivity index (χ0n) is 8.31. The second-order valence-corrected chi connectivity index (χ2v) is 6.11. The third kappa shape index (κ3) is 3.17. The quantitative estimate of drug-likeness (QED) is 0.523. The summed E-state index contributed by atoms with van der Waals surface area (Å²) >= 11 is 2.82. The summed E-state index contributed by atoms with van der Waals surface area (Å²) in [6.07, 6.45) is 0. The molecule has 0 saturated heterocycles. The van der Waals surface area contributed by atoms with E-state index in [0.29, 0.717) is 5.56 Å². The van der Waals surface area contributed by atoms with Gasteiger partial charge in [0.25, 0.3) is 5.69 Å². The van der Waals surface area contributed by atoms with Crippen LogP contribution in [0.15, 0.2) is 18.2 Å². The van der Waals surface area contributed by atoms with Crippen molar-refractivity contribution < 1.29 is 13.3 Å². The second kappa shape index (κ2) is 4.79. The normalized spacial score (nSPS) is 11.1. The maximum atomic E-state index is 11.3. The van der Waals surface area contributed by atoms with E-state index in [-0.39, 0.29) is 16.0 Å². The van der Waals surface area contributed by atoms with Crippen LogP contribution in [0.4, 0.5) is 11.4 Å². The number of nitrogens with one attached hydrogen (secondary N) is 1. The average molecular weight is 309 g/mol. The number of rotatable bonds is 4. The molecule has 0 heterocycles. The molecule has 1 aromatic carbocycles. The molecule has 1 rings (SSSR count). The Morgan fingerprint density at radius 1 is 1.50 bits per heavy atom. The van der Waals surface area contributed by atoms with E-state index in [1.807, 2.05) is 0 Å². The summed E-state index contributed by atoms with van der Waals surface area (Å²) in [5, 5.41) is 10.5. The number of halogens is 1. The van der Waals surface area contributed by atoms with Crippen molar-refractivity contribution in [1.29, 1.82) is 0 Å². The van der Waals surface area contributed by atoms with Gasteiger partial charge in [-0.2, -0.15) is 0 Å². The molecule has 1 N–H and O–H groups in total. The third-order valence-corrected chi connectivity index (χ3v) is 4.47. The van der Waals surface area contributed by atoms with E-state index < -0.39 is 14.9 Å². The van der Waals surface area contributed by atoms with Crippen molar-refractivity contribution in [1.82, 2.24) is 0 Å². The topological polar surface area (TPSA) is 89.3 Å². The minimum Gasteiger partial charge on any atom is -0.282 e. The maximum Gasteiger partial charge on any atom is 0.271 e. The number of nitro benzene ring substituents is 1. The molecule has 0 atom stereocenters. The van der Waals surface area contributed by atoms with E-state index >= 15 is 0 Å². The van der Waals surface area contributed by atoms with Gasteiger partial charge < -0.3 is 0 Å². The summed E-state index contributed by atoms with van der Waals surface area (Å²) in [4.78, 5) is 9.94. The lowest BCUT2D eigenvalue weighted by atomic mass is 10.2. The number of aryl methyl sites for hydroxylation is 1. The predicted molar refractivity (Wildman–Crippen MR) is 64.2 cm³/mol.